The van der Waals surface area contributed by atoms with Crippen LogP contribution in [0.1, 0.15) is 25.8 Å². The van der Waals surface area contributed by atoms with Gasteiger partial charge in [-0.25, -0.2) is 4.39 Å². The fourth-order valence-corrected chi connectivity index (χ4v) is 1.55. The van der Waals surface area contributed by atoms with Crippen molar-refractivity contribution in [1.29, 1.82) is 0 Å². The quantitative estimate of drug-likeness (QED) is 0.788. The fraction of sp³-hybridized carbons (Fsp3) is 0.385. The monoisotopic (exact) mass is 207 g/mol. The zero-order valence-electron chi connectivity index (χ0n) is 9.60. The Bertz CT molecular complexity index is 358. The maximum Gasteiger partial charge on any atom is 0.132 e. The predicted octanol–water partition coefficient (Wildman–Crippen LogP) is 3.93. The summed E-state index contributed by atoms with van der Waals surface area (Å²) in [6.07, 6.45) is 0.969. The summed E-state index contributed by atoms with van der Waals surface area (Å²) in [6, 6.07) is 5.05. The molecule has 0 saturated carbocycles. The van der Waals surface area contributed by atoms with Crippen LogP contribution in [-0.4, -0.2) is 7.05 Å². The van der Waals surface area contributed by atoms with Gasteiger partial charge in [-0.05, 0) is 30.0 Å². The zero-order chi connectivity index (χ0) is 11.4. The minimum atomic E-state index is -0.202. The van der Waals surface area contributed by atoms with Crippen LogP contribution >= 0.6 is 0 Å². The molecule has 0 aliphatic carbocycles. The van der Waals surface area contributed by atoms with E-state index in [-0.39, 0.29) is 5.82 Å². The van der Waals surface area contributed by atoms with E-state index in [0.29, 0.717) is 11.5 Å². The number of hydrogen-bond acceptors (Lipinski definition) is 1. The van der Waals surface area contributed by atoms with E-state index < -0.39 is 0 Å². The van der Waals surface area contributed by atoms with Gasteiger partial charge in [0.1, 0.15) is 5.82 Å². The first-order valence-corrected chi connectivity index (χ1v) is 5.27. The molecule has 1 N–H and O–H groups in total. The minimum absolute atomic E-state index is 0.202. The molecule has 1 atom stereocenters. The normalized spacial score (nSPS) is 12.3. The van der Waals surface area contributed by atoms with Crippen molar-refractivity contribution in [3.05, 3.63) is 36.2 Å². The van der Waals surface area contributed by atoms with Crippen molar-refractivity contribution in [3.8, 4) is 0 Å². The molecular weight excluding hydrogens is 189 g/mol. The van der Waals surface area contributed by atoms with E-state index in [0.717, 1.165) is 17.7 Å². The Kier molecular flexibility index (Phi) is 3.89. The first-order valence-electron chi connectivity index (χ1n) is 5.27. The Labute approximate surface area is 91.0 Å². The molecule has 0 aliphatic heterocycles. The largest absolute Gasteiger partial charge is 0.388 e. The summed E-state index contributed by atoms with van der Waals surface area (Å²) < 4.78 is 13.7. The van der Waals surface area contributed by atoms with Crippen LogP contribution in [0.25, 0.3) is 5.57 Å². The molecule has 0 bridgehead atoms. The third-order valence-electron chi connectivity index (χ3n) is 2.81. The average Bonchev–Trinajstić information content (AvgIpc) is 2.26. The summed E-state index contributed by atoms with van der Waals surface area (Å²) in [5.74, 6) is 0.0983. The van der Waals surface area contributed by atoms with Gasteiger partial charge >= 0.3 is 0 Å². The SMILES string of the molecule is C=C(c1c(F)cccc1NC)C(C)CC. The number of benzene rings is 1. The third-order valence-corrected chi connectivity index (χ3v) is 2.81. The van der Waals surface area contributed by atoms with Crippen molar-refractivity contribution in [2.45, 2.75) is 20.3 Å². The molecule has 1 rings (SSSR count). The van der Waals surface area contributed by atoms with Crippen molar-refractivity contribution in [2.75, 3.05) is 12.4 Å². The number of nitrogens with one attached hydrogen (secondary N) is 1. The van der Waals surface area contributed by atoms with E-state index >= 15 is 0 Å². The number of hydrogen-bond donors (Lipinski definition) is 1. The summed E-state index contributed by atoms with van der Waals surface area (Å²) in [5.41, 5.74) is 2.29. The van der Waals surface area contributed by atoms with Crippen molar-refractivity contribution in [3.63, 3.8) is 0 Å². The third kappa shape index (κ3) is 2.38. The highest BCUT2D eigenvalue weighted by Gasteiger charge is 2.14. The lowest BCUT2D eigenvalue weighted by molar-refractivity contribution is 0.618. The number of rotatable bonds is 4. The van der Waals surface area contributed by atoms with Crippen LogP contribution in [0.3, 0.4) is 0 Å². The van der Waals surface area contributed by atoms with Crippen LogP contribution in [0, 0.1) is 11.7 Å². The summed E-state index contributed by atoms with van der Waals surface area (Å²) in [5, 5.41) is 3.00. The average molecular weight is 207 g/mol. The number of allylic oxidation sites excluding steroid dienone is 1. The Morgan fingerprint density at radius 2 is 2.20 bits per heavy atom. The molecule has 0 saturated heterocycles. The second kappa shape index (κ2) is 4.96. The van der Waals surface area contributed by atoms with Crippen molar-refractivity contribution >= 4 is 11.3 Å². The molecule has 1 unspecified atom stereocenters. The maximum atomic E-state index is 13.7. The van der Waals surface area contributed by atoms with Crippen molar-refractivity contribution < 1.29 is 4.39 Å². The van der Waals surface area contributed by atoms with Crippen LogP contribution in [0.4, 0.5) is 10.1 Å². The van der Waals surface area contributed by atoms with Crippen molar-refractivity contribution in [2.24, 2.45) is 5.92 Å². The van der Waals surface area contributed by atoms with E-state index in [1.54, 1.807) is 13.1 Å². The van der Waals surface area contributed by atoms with E-state index in [2.05, 4.69) is 25.7 Å². The Balaban J connectivity index is 3.17. The molecule has 0 fully saturated rings. The highest BCUT2D eigenvalue weighted by Crippen LogP contribution is 2.31. The van der Waals surface area contributed by atoms with E-state index in [1.165, 1.54) is 6.07 Å². The van der Waals surface area contributed by atoms with Gasteiger partial charge < -0.3 is 5.32 Å². The summed E-state index contributed by atoms with van der Waals surface area (Å²) in [4.78, 5) is 0. The molecule has 15 heavy (non-hydrogen) atoms. The molecule has 0 heterocycles. The Morgan fingerprint density at radius 1 is 1.53 bits per heavy atom. The smallest absolute Gasteiger partial charge is 0.132 e. The standard InChI is InChI=1S/C13H18FN/c1-5-9(2)10(3)13-11(14)7-6-8-12(13)15-4/h6-9,15H,3,5H2,1-2,4H3. The Morgan fingerprint density at radius 3 is 2.73 bits per heavy atom. The second-order valence-electron chi connectivity index (χ2n) is 3.75. The van der Waals surface area contributed by atoms with Crippen LogP contribution in [-0.2, 0) is 0 Å². The van der Waals surface area contributed by atoms with Crippen molar-refractivity contribution in [1.82, 2.24) is 0 Å². The lowest BCUT2D eigenvalue weighted by atomic mass is 9.92. The molecular formula is C13H18FN. The molecule has 1 aromatic carbocycles. The highest BCUT2D eigenvalue weighted by molar-refractivity contribution is 5.76. The van der Waals surface area contributed by atoms with Gasteiger partial charge in [0.2, 0.25) is 0 Å². The van der Waals surface area contributed by atoms with Crippen LogP contribution < -0.4 is 5.32 Å². The van der Waals surface area contributed by atoms with Gasteiger partial charge in [0.15, 0.2) is 0 Å². The maximum absolute atomic E-state index is 13.7. The molecule has 0 aliphatic rings. The van der Waals surface area contributed by atoms with Gasteiger partial charge in [-0.15, -0.1) is 0 Å². The number of anilines is 1. The minimum Gasteiger partial charge on any atom is -0.388 e. The molecule has 2 heteroatoms. The van der Waals surface area contributed by atoms with Crippen LogP contribution in [0.2, 0.25) is 0 Å². The lowest BCUT2D eigenvalue weighted by Crippen LogP contribution is -2.03. The molecule has 1 aromatic rings. The highest BCUT2D eigenvalue weighted by atomic mass is 19.1. The zero-order valence-corrected chi connectivity index (χ0v) is 9.60. The predicted molar refractivity (Wildman–Crippen MR) is 64.4 cm³/mol. The van der Waals surface area contributed by atoms with Crippen LogP contribution in [0.15, 0.2) is 24.8 Å². The fourth-order valence-electron chi connectivity index (χ4n) is 1.55. The van der Waals surface area contributed by atoms with Gasteiger partial charge in [-0.3, -0.25) is 0 Å². The first kappa shape index (κ1) is 11.8. The van der Waals surface area contributed by atoms with E-state index in [9.17, 15) is 4.39 Å². The van der Waals surface area contributed by atoms with Gasteiger partial charge in [0.05, 0.1) is 0 Å². The summed E-state index contributed by atoms with van der Waals surface area (Å²) in [6.45, 7) is 8.13. The second-order valence-corrected chi connectivity index (χ2v) is 3.75. The Hall–Kier alpha value is -1.31. The van der Waals surface area contributed by atoms with Crippen LogP contribution in [0.5, 0.6) is 0 Å². The first-order chi connectivity index (χ1) is 7.11. The lowest BCUT2D eigenvalue weighted by Gasteiger charge is -2.17. The molecule has 0 amide bonds. The van der Waals surface area contributed by atoms with Gasteiger partial charge in [-0.1, -0.05) is 26.5 Å². The van der Waals surface area contributed by atoms with E-state index in [4.69, 9.17) is 0 Å². The molecule has 0 radical (unpaired) electrons. The number of halogens is 1. The van der Waals surface area contributed by atoms with Gasteiger partial charge in [-0.2, -0.15) is 0 Å². The molecule has 1 nitrogen and oxygen atoms in total. The topological polar surface area (TPSA) is 12.0 Å². The summed E-state index contributed by atoms with van der Waals surface area (Å²) in [7, 11) is 1.79. The molecule has 0 aromatic heterocycles. The summed E-state index contributed by atoms with van der Waals surface area (Å²) >= 11 is 0. The molecule has 0 spiro atoms. The van der Waals surface area contributed by atoms with Gasteiger partial charge in [0.25, 0.3) is 0 Å². The van der Waals surface area contributed by atoms with Gasteiger partial charge in [0, 0.05) is 18.3 Å². The van der Waals surface area contributed by atoms with E-state index in [1.807, 2.05) is 6.07 Å². The molecule has 82 valence electrons.